The molecule has 12 unspecified atom stereocenters. The molecule has 0 aromatic rings. The summed E-state index contributed by atoms with van der Waals surface area (Å²) in [7, 11) is 0. The smallest absolute Gasteiger partial charge is 0.220 e. The topological polar surface area (TPSA) is 228 Å². The highest BCUT2D eigenvalue weighted by atomic mass is 16.7. The van der Waals surface area contributed by atoms with Gasteiger partial charge < -0.3 is 65.1 Å². The average Bonchev–Trinajstić information content (AvgIpc) is 0.789. The van der Waals surface area contributed by atoms with Crippen molar-refractivity contribution in [3.63, 3.8) is 0 Å². The number of nitrogens with one attached hydrogen (secondary N) is 1. The van der Waals surface area contributed by atoms with Crippen molar-refractivity contribution in [2.75, 3.05) is 19.8 Å². The Bertz CT molecular complexity index is 2020. The van der Waals surface area contributed by atoms with E-state index in [0.29, 0.717) is 12.8 Å². The molecule has 0 aliphatic carbocycles. The molecule has 2 heterocycles. The number of hydrogen-bond acceptors (Lipinski definition) is 13. The zero-order chi connectivity index (χ0) is 76.5. The van der Waals surface area contributed by atoms with Crippen molar-refractivity contribution in [1.29, 1.82) is 0 Å². The van der Waals surface area contributed by atoms with Gasteiger partial charge in [-0.1, -0.05) is 402 Å². The quantitative estimate of drug-likeness (QED) is 0.0204. The van der Waals surface area contributed by atoms with E-state index in [4.69, 9.17) is 18.9 Å². The molecule has 0 spiro atoms. The van der Waals surface area contributed by atoms with Crippen molar-refractivity contribution in [3.8, 4) is 0 Å². The van der Waals surface area contributed by atoms with Gasteiger partial charge in [0.25, 0.3) is 0 Å². The fraction of sp³-hybridized carbons (Fsp3) is 0.880. The van der Waals surface area contributed by atoms with Crippen molar-refractivity contribution in [3.05, 3.63) is 60.8 Å². The molecular weight excluding hydrogens is 1330 g/mol. The summed E-state index contributed by atoms with van der Waals surface area (Å²) >= 11 is 0. The lowest BCUT2D eigenvalue weighted by atomic mass is 9.97. The predicted molar refractivity (Wildman–Crippen MR) is 443 cm³/mol. The number of aliphatic hydroxyl groups excluding tert-OH is 8. The number of ether oxygens (including phenoxy) is 4. The van der Waals surface area contributed by atoms with Crippen LogP contribution in [0.1, 0.15) is 425 Å². The van der Waals surface area contributed by atoms with Crippen molar-refractivity contribution >= 4 is 5.91 Å². The summed E-state index contributed by atoms with van der Waals surface area (Å²) in [6.45, 7) is 2.83. The first-order valence-electron chi connectivity index (χ1n) is 45.5. The van der Waals surface area contributed by atoms with Crippen LogP contribution in [0, 0.1) is 0 Å². The van der Waals surface area contributed by atoms with Gasteiger partial charge in [0.1, 0.15) is 48.8 Å². The molecule has 2 rings (SSSR count). The van der Waals surface area contributed by atoms with E-state index in [1.165, 1.54) is 340 Å². The van der Waals surface area contributed by atoms with Gasteiger partial charge in [0, 0.05) is 6.42 Å². The Morgan fingerprint density at radius 2 is 0.632 bits per heavy atom. The molecular formula is C92H171NO13. The number of hydrogen-bond donors (Lipinski definition) is 9. The van der Waals surface area contributed by atoms with Crippen molar-refractivity contribution in [1.82, 2.24) is 5.32 Å². The standard InChI is InChI=1S/C92H171NO13/c1-3-5-7-9-11-13-15-17-19-21-23-25-27-29-31-33-35-37-38-39-40-41-42-44-46-48-50-52-54-56-58-60-62-64-66-68-70-72-74-76-84(97)93-80(79-103-91-89(102)87(100)90(83(78-95)105-91)106-92-88(101)86(99)85(98)82(77-94)104-92)81(96)75-73-71-69-67-65-63-61-59-57-55-53-51-49-47-45-43-36-34-32-30-28-26-24-22-20-18-16-14-12-10-8-6-4-2/h15,17,21,23,57,59,65,67,73,75,80-83,85-92,94-96,98-102H,3-14,16,18-20,22,24-56,58,60-64,66,68-72,74,76-79H2,1-2H3,(H,93,97)/b17-15-,23-21-,59-57+,67-65+,75-73+. The van der Waals surface area contributed by atoms with E-state index in [-0.39, 0.29) is 18.9 Å². The Kier molecular flexibility index (Phi) is 70.9. The van der Waals surface area contributed by atoms with Crippen molar-refractivity contribution < 1.29 is 64.6 Å². The molecule has 0 aromatic carbocycles. The van der Waals surface area contributed by atoms with E-state index < -0.39 is 86.8 Å². The molecule has 9 N–H and O–H groups in total. The highest BCUT2D eigenvalue weighted by Gasteiger charge is 2.51. The van der Waals surface area contributed by atoms with Crippen LogP contribution < -0.4 is 5.32 Å². The molecule has 0 aromatic heterocycles. The summed E-state index contributed by atoms with van der Waals surface area (Å²) in [6.07, 6.45) is 87.8. The summed E-state index contributed by atoms with van der Waals surface area (Å²) in [6, 6.07) is -0.941. The minimum absolute atomic E-state index is 0.245. The van der Waals surface area contributed by atoms with Crippen LogP contribution in [0.2, 0.25) is 0 Å². The summed E-state index contributed by atoms with van der Waals surface area (Å²) < 4.78 is 22.9. The third-order valence-electron chi connectivity index (χ3n) is 22.2. The molecule has 2 fully saturated rings. The van der Waals surface area contributed by atoms with Crippen LogP contribution in [0.3, 0.4) is 0 Å². The fourth-order valence-corrected chi connectivity index (χ4v) is 15.0. The van der Waals surface area contributed by atoms with Gasteiger partial charge in [-0.05, 0) is 77.0 Å². The van der Waals surface area contributed by atoms with Crippen LogP contribution >= 0.6 is 0 Å². The lowest BCUT2D eigenvalue weighted by molar-refractivity contribution is -0.359. The highest BCUT2D eigenvalue weighted by Crippen LogP contribution is 2.31. The number of carbonyl (C=O) groups excluding carboxylic acids is 1. The van der Waals surface area contributed by atoms with Crippen LogP contribution in [0.4, 0.5) is 0 Å². The van der Waals surface area contributed by atoms with Gasteiger partial charge in [-0.3, -0.25) is 4.79 Å². The van der Waals surface area contributed by atoms with E-state index >= 15 is 0 Å². The third kappa shape index (κ3) is 56.8. The van der Waals surface area contributed by atoms with E-state index in [2.05, 4.69) is 67.8 Å². The normalized spacial score (nSPS) is 21.5. The van der Waals surface area contributed by atoms with Crippen molar-refractivity contribution in [2.24, 2.45) is 0 Å². The van der Waals surface area contributed by atoms with Gasteiger partial charge in [0.15, 0.2) is 12.6 Å². The summed E-state index contributed by atoms with van der Waals surface area (Å²) in [4.78, 5) is 13.4. The number of allylic oxidation sites excluding steroid dienone is 9. The molecule has 2 aliphatic heterocycles. The van der Waals surface area contributed by atoms with Crippen LogP contribution in [0.25, 0.3) is 0 Å². The zero-order valence-corrected chi connectivity index (χ0v) is 68.7. The van der Waals surface area contributed by atoms with E-state index in [1.807, 2.05) is 6.08 Å². The van der Waals surface area contributed by atoms with E-state index in [1.54, 1.807) is 6.08 Å². The second kappa shape index (κ2) is 75.4. The van der Waals surface area contributed by atoms with Gasteiger partial charge in [-0.15, -0.1) is 0 Å². The number of amides is 1. The first-order chi connectivity index (χ1) is 52.1. The summed E-state index contributed by atoms with van der Waals surface area (Å²) in [5.74, 6) is -0.245. The average molecular weight is 1500 g/mol. The Morgan fingerprint density at radius 1 is 0.340 bits per heavy atom. The molecule has 0 saturated carbocycles. The van der Waals surface area contributed by atoms with Crippen LogP contribution in [-0.2, 0) is 23.7 Å². The lowest BCUT2D eigenvalue weighted by Crippen LogP contribution is -2.65. The van der Waals surface area contributed by atoms with Gasteiger partial charge >= 0.3 is 0 Å². The molecule has 106 heavy (non-hydrogen) atoms. The predicted octanol–water partition coefficient (Wildman–Crippen LogP) is 22.3. The molecule has 14 nitrogen and oxygen atoms in total. The zero-order valence-electron chi connectivity index (χ0n) is 68.7. The molecule has 2 saturated heterocycles. The van der Waals surface area contributed by atoms with Gasteiger partial charge in [-0.25, -0.2) is 0 Å². The number of rotatable bonds is 78. The molecule has 14 heteroatoms. The van der Waals surface area contributed by atoms with E-state index in [9.17, 15) is 45.6 Å². The Morgan fingerprint density at radius 3 is 0.981 bits per heavy atom. The van der Waals surface area contributed by atoms with Crippen LogP contribution in [0.15, 0.2) is 60.8 Å². The maximum atomic E-state index is 13.4. The minimum atomic E-state index is -1.80. The number of carbonyl (C=O) groups is 1. The Hall–Kier alpha value is -2.31. The van der Waals surface area contributed by atoms with Gasteiger partial charge in [0.05, 0.1) is 32.0 Å². The molecule has 1 amide bonds. The van der Waals surface area contributed by atoms with E-state index in [0.717, 1.165) is 51.4 Å². The minimum Gasteiger partial charge on any atom is -0.394 e. The third-order valence-corrected chi connectivity index (χ3v) is 22.2. The number of aliphatic hydroxyl groups is 8. The molecule has 2 aliphatic rings. The summed E-state index contributed by atoms with van der Waals surface area (Å²) in [5.41, 5.74) is 0. The molecule has 0 radical (unpaired) electrons. The van der Waals surface area contributed by atoms with Crippen LogP contribution in [-0.4, -0.2) is 140 Å². The maximum absolute atomic E-state index is 13.4. The number of unbranched alkanes of at least 4 members (excludes halogenated alkanes) is 57. The van der Waals surface area contributed by atoms with Crippen LogP contribution in [0.5, 0.6) is 0 Å². The van der Waals surface area contributed by atoms with Gasteiger partial charge in [-0.2, -0.15) is 0 Å². The van der Waals surface area contributed by atoms with Gasteiger partial charge in [0.2, 0.25) is 5.91 Å². The maximum Gasteiger partial charge on any atom is 0.220 e. The second-order valence-corrected chi connectivity index (χ2v) is 32.1. The summed E-state index contributed by atoms with van der Waals surface area (Å²) in [5, 5.41) is 87.8. The second-order valence-electron chi connectivity index (χ2n) is 32.1. The molecule has 622 valence electrons. The molecule has 0 bridgehead atoms. The Labute approximate surface area is 651 Å². The fourth-order valence-electron chi connectivity index (χ4n) is 15.0. The van der Waals surface area contributed by atoms with Crippen molar-refractivity contribution in [2.45, 2.75) is 498 Å². The first-order valence-corrected chi connectivity index (χ1v) is 45.5. The molecule has 12 atom stereocenters. The highest BCUT2D eigenvalue weighted by molar-refractivity contribution is 5.76. The Balaban J connectivity index is 1.57. The largest absolute Gasteiger partial charge is 0.394 e. The SMILES string of the molecule is CCCCCCC/C=C\C/C=C\CCCCCCCCCCCCCCCCCCCCCCCCCCCCCC(=O)NC(COC1OC(CO)C(OC2OC(CO)C(O)C(O)C2O)C(O)C1O)C(O)/C=C/CC/C=C/CC/C=C/CCCCCCCCCCCCCCCCCCCCCCCCC. The first kappa shape index (κ1) is 99.8. The monoisotopic (exact) mass is 1500 g/mol. The lowest BCUT2D eigenvalue weighted by Gasteiger charge is -2.46.